The first-order valence-electron chi connectivity index (χ1n) is 5.28. The van der Waals surface area contributed by atoms with Crippen LogP contribution in [0.1, 0.15) is 43.4 Å². The highest BCUT2D eigenvalue weighted by atomic mass is 19.1. The van der Waals surface area contributed by atoms with Crippen molar-refractivity contribution in [2.75, 3.05) is 0 Å². The average Bonchev–Trinajstić information content (AvgIpc) is 2.21. The maximum Gasteiger partial charge on any atom is 0.133 e. The summed E-state index contributed by atoms with van der Waals surface area (Å²) in [6.07, 6.45) is 2.48. The van der Waals surface area contributed by atoms with Crippen molar-refractivity contribution in [2.24, 2.45) is 5.73 Å². The lowest BCUT2D eigenvalue weighted by atomic mass is 9.99. The highest BCUT2D eigenvalue weighted by Crippen LogP contribution is 2.24. The minimum atomic E-state index is -0.540. The lowest BCUT2D eigenvalue weighted by Crippen LogP contribution is -2.14. The monoisotopic (exact) mass is 213 g/mol. The molecule has 0 radical (unpaired) electrons. The summed E-state index contributed by atoms with van der Waals surface area (Å²) in [6, 6.07) is 2.17. The SMILES string of the molecule is CCCC[C@H](N)c1c(F)ccc(C)c1F. The Kier molecular flexibility index (Phi) is 4.21. The van der Waals surface area contributed by atoms with E-state index in [-0.39, 0.29) is 5.56 Å². The van der Waals surface area contributed by atoms with Crippen LogP contribution in [0.3, 0.4) is 0 Å². The standard InChI is InChI=1S/C12H17F2N/c1-3-4-5-10(15)11-9(13)7-6-8(2)12(11)14/h6-7,10H,3-5,15H2,1-2H3/t10-/m0/s1. The topological polar surface area (TPSA) is 26.0 Å². The fraction of sp³-hybridized carbons (Fsp3) is 0.500. The summed E-state index contributed by atoms with van der Waals surface area (Å²) in [5, 5.41) is 0. The van der Waals surface area contributed by atoms with Crippen LogP contribution in [0.25, 0.3) is 0 Å². The van der Waals surface area contributed by atoms with Gasteiger partial charge in [-0.25, -0.2) is 8.78 Å². The van der Waals surface area contributed by atoms with E-state index >= 15 is 0 Å². The Hall–Kier alpha value is -0.960. The number of nitrogens with two attached hydrogens (primary N) is 1. The molecular formula is C12H17F2N. The van der Waals surface area contributed by atoms with Crippen molar-refractivity contribution in [2.45, 2.75) is 39.2 Å². The molecule has 0 aliphatic rings. The Labute approximate surface area is 89.3 Å². The van der Waals surface area contributed by atoms with E-state index in [0.717, 1.165) is 12.8 Å². The Morgan fingerprint density at radius 1 is 1.33 bits per heavy atom. The van der Waals surface area contributed by atoms with Gasteiger partial charge in [-0.2, -0.15) is 0 Å². The molecule has 0 saturated heterocycles. The molecule has 0 amide bonds. The normalized spacial score (nSPS) is 12.9. The molecule has 15 heavy (non-hydrogen) atoms. The van der Waals surface area contributed by atoms with E-state index in [2.05, 4.69) is 0 Å². The van der Waals surface area contributed by atoms with E-state index in [0.29, 0.717) is 12.0 Å². The average molecular weight is 213 g/mol. The summed E-state index contributed by atoms with van der Waals surface area (Å²) in [5.74, 6) is -1.04. The van der Waals surface area contributed by atoms with Gasteiger partial charge in [0.1, 0.15) is 11.6 Å². The summed E-state index contributed by atoms with van der Waals surface area (Å²) in [4.78, 5) is 0. The Morgan fingerprint density at radius 2 is 2.00 bits per heavy atom. The van der Waals surface area contributed by atoms with Gasteiger partial charge in [0, 0.05) is 11.6 Å². The molecule has 0 bridgehead atoms. The van der Waals surface area contributed by atoms with E-state index in [9.17, 15) is 8.78 Å². The first kappa shape index (κ1) is 12.1. The van der Waals surface area contributed by atoms with Crippen LogP contribution < -0.4 is 5.73 Å². The number of hydrogen-bond donors (Lipinski definition) is 1. The van der Waals surface area contributed by atoms with Crippen LogP contribution in [-0.4, -0.2) is 0 Å². The van der Waals surface area contributed by atoms with Crippen LogP contribution in [0.15, 0.2) is 12.1 Å². The summed E-state index contributed by atoms with van der Waals surface area (Å²) >= 11 is 0. The zero-order chi connectivity index (χ0) is 11.4. The number of benzene rings is 1. The fourth-order valence-corrected chi connectivity index (χ4v) is 1.59. The highest BCUT2D eigenvalue weighted by molar-refractivity contribution is 5.28. The second-order valence-corrected chi connectivity index (χ2v) is 3.84. The van der Waals surface area contributed by atoms with Gasteiger partial charge in [0.2, 0.25) is 0 Å². The molecule has 0 heterocycles. The number of aryl methyl sites for hydroxylation is 1. The number of rotatable bonds is 4. The summed E-state index contributed by atoms with van der Waals surface area (Å²) in [6.45, 7) is 3.64. The first-order chi connectivity index (χ1) is 7.07. The predicted molar refractivity (Wildman–Crippen MR) is 57.5 cm³/mol. The van der Waals surface area contributed by atoms with Gasteiger partial charge in [-0.15, -0.1) is 0 Å². The van der Waals surface area contributed by atoms with Crippen molar-refractivity contribution in [3.63, 3.8) is 0 Å². The molecule has 0 saturated carbocycles. The van der Waals surface area contributed by atoms with Crippen LogP contribution in [0.2, 0.25) is 0 Å². The van der Waals surface area contributed by atoms with Crippen molar-refractivity contribution in [3.8, 4) is 0 Å². The second-order valence-electron chi connectivity index (χ2n) is 3.84. The van der Waals surface area contributed by atoms with Crippen molar-refractivity contribution in [3.05, 3.63) is 34.9 Å². The Morgan fingerprint density at radius 3 is 2.60 bits per heavy atom. The molecule has 0 fully saturated rings. The quantitative estimate of drug-likeness (QED) is 0.814. The molecular weight excluding hydrogens is 196 g/mol. The first-order valence-corrected chi connectivity index (χ1v) is 5.28. The minimum absolute atomic E-state index is 0.0310. The zero-order valence-electron chi connectivity index (χ0n) is 9.19. The van der Waals surface area contributed by atoms with Gasteiger partial charge in [-0.05, 0) is 25.0 Å². The van der Waals surface area contributed by atoms with Gasteiger partial charge in [0.05, 0.1) is 0 Å². The van der Waals surface area contributed by atoms with Gasteiger partial charge in [-0.3, -0.25) is 0 Å². The Bertz CT molecular complexity index is 337. The summed E-state index contributed by atoms with van der Waals surface area (Å²) in [5.41, 5.74) is 6.25. The molecule has 0 spiro atoms. The molecule has 1 nitrogen and oxygen atoms in total. The van der Waals surface area contributed by atoms with Gasteiger partial charge < -0.3 is 5.73 Å². The third kappa shape index (κ3) is 2.75. The molecule has 1 rings (SSSR count). The molecule has 0 unspecified atom stereocenters. The zero-order valence-corrected chi connectivity index (χ0v) is 9.19. The highest BCUT2D eigenvalue weighted by Gasteiger charge is 2.17. The van der Waals surface area contributed by atoms with Crippen LogP contribution in [0.5, 0.6) is 0 Å². The molecule has 0 aromatic heterocycles. The molecule has 1 aromatic carbocycles. The lowest BCUT2D eigenvalue weighted by Gasteiger charge is -2.14. The molecule has 0 aliphatic carbocycles. The van der Waals surface area contributed by atoms with E-state index in [1.807, 2.05) is 6.92 Å². The number of unbranched alkanes of at least 4 members (excludes halogenated alkanes) is 1. The Balaban J connectivity index is 2.96. The van der Waals surface area contributed by atoms with Crippen molar-refractivity contribution in [1.82, 2.24) is 0 Å². The second kappa shape index (κ2) is 5.21. The van der Waals surface area contributed by atoms with Crippen LogP contribution in [0, 0.1) is 18.6 Å². The van der Waals surface area contributed by atoms with Gasteiger partial charge in [0.15, 0.2) is 0 Å². The molecule has 84 valence electrons. The molecule has 0 aliphatic heterocycles. The maximum absolute atomic E-state index is 13.6. The number of hydrogen-bond acceptors (Lipinski definition) is 1. The van der Waals surface area contributed by atoms with Gasteiger partial charge in [0.25, 0.3) is 0 Å². The fourth-order valence-electron chi connectivity index (χ4n) is 1.59. The minimum Gasteiger partial charge on any atom is -0.324 e. The lowest BCUT2D eigenvalue weighted by molar-refractivity contribution is 0.499. The van der Waals surface area contributed by atoms with Crippen LogP contribution >= 0.6 is 0 Å². The van der Waals surface area contributed by atoms with Gasteiger partial charge in [-0.1, -0.05) is 25.8 Å². The molecule has 2 N–H and O–H groups in total. The molecule has 3 heteroatoms. The van der Waals surface area contributed by atoms with Crippen molar-refractivity contribution in [1.29, 1.82) is 0 Å². The summed E-state index contributed by atoms with van der Waals surface area (Å²) < 4.78 is 27.0. The third-order valence-corrected chi connectivity index (χ3v) is 2.56. The van der Waals surface area contributed by atoms with E-state index in [1.54, 1.807) is 6.92 Å². The number of halogens is 2. The summed E-state index contributed by atoms with van der Waals surface area (Å²) in [7, 11) is 0. The maximum atomic E-state index is 13.6. The van der Waals surface area contributed by atoms with E-state index in [1.165, 1.54) is 12.1 Å². The third-order valence-electron chi connectivity index (χ3n) is 2.56. The van der Waals surface area contributed by atoms with Crippen LogP contribution in [0.4, 0.5) is 8.78 Å². The van der Waals surface area contributed by atoms with Crippen molar-refractivity contribution < 1.29 is 8.78 Å². The van der Waals surface area contributed by atoms with Crippen molar-refractivity contribution >= 4 is 0 Å². The van der Waals surface area contributed by atoms with E-state index in [4.69, 9.17) is 5.73 Å². The largest absolute Gasteiger partial charge is 0.324 e. The predicted octanol–water partition coefficient (Wildman–Crippen LogP) is 3.46. The van der Waals surface area contributed by atoms with E-state index < -0.39 is 17.7 Å². The van der Waals surface area contributed by atoms with Gasteiger partial charge >= 0.3 is 0 Å². The van der Waals surface area contributed by atoms with Crippen LogP contribution in [-0.2, 0) is 0 Å². The molecule has 1 atom stereocenters. The molecule has 1 aromatic rings. The smallest absolute Gasteiger partial charge is 0.133 e.